The number of nitrogens with two attached hydrogens (primary N) is 1. The van der Waals surface area contributed by atoms with Gasteiger partial charge in [-0.05, 0) is 61.7 Å². The van der Waals surface area contributed by atoms with Crippen LogP contribution in [0, 0.1) is 6.92 Å². The summed E-state index contributed by atoms with van der Waals surface area (Å²) in [6.45, 7) is 3.65. The topological polar surface area (TPSA) is 118 Å². The number of carbonyl (C=O) groups excluding carboxylic acids is 2. The van der Waals surface area contributed by atoms with Crippen molar-refractivity contribution in [3.8, 4) is 5.75 Å². The zero-order chi connectivity index (χ0) is 22.2. The van der Waals surface area contributed by atoms with Crippen LogP contribution in [-0.2, 0) is 11.4 Å². The summed E-state index contributed by atoms with van der Waals surface area (Å²) in [4.78, 5) is 30.5. The van der Waals surface area contributed by atoms with Crippen molar-refractivity contribution in [2.24, 2.45) is 5.73 Å². The van der Waals surface area contributed by atoms with Gasteiger partial charge in [-0.2, -0.15) is 0 Å². The van der Waals surface area contributed by atoms with Crippen LogP contribution in [0.4, 0.5) is 0 Å². The summed E-state index contributed by atoms with van der Waals surface area (Å²) >= 11 is 0. The van der Waals surface area contributed by atoms with E-state index in [1.165, 1.54) is 0 Å². The Bertz CT molecular complexity index is 879. The molecule has 1 saturated heterocycles. The van der Waals surface area contributed by atoms with Gasteiger partial charge >= 0.3 is 0 Å². The lowest BCUT2D eigenvalue weighted by molar-refractivity contribution is -0.126. The van der Waals surface area contributed by atoms with Crippen LogP contribution < -0.4 is 15.8 Å². The van der Waals surface area contributed by atoms with Crippen molar-refractivity contribution in [2.75, 3.05) is 13.1 Å². The highest BCUT2D eigenvalue weighted by Crippen LogP contribution is 2.16. The molecule has 2 heterocycles. The molecule has 2 amide bonds. The third kappa shape index (κ3) is 6.50. The summed E-state index contributed by atoms with van der Waals surface area (Å²) in [6.07, 6.45) is 4.65. The maximum atomic E-state index is 12.6. The first-order valence-electron chi connectivity index (χ1n) is 10.6. The molecule has 2 aromatic rings. The Kier molecular flexibility index (Phi) is 7.97. The van der Waals surface area contributed by atoms with Crippen molar-refractivity contribution in [1.29, 1.82) is 0 Å². The largest absolute Gasteiger partial charge is 0.489 e. The number of amides is 2. The summed E-state index contributed by atoms with van der Waals surface area (Å²) in [5.74, 6) is -0.631. The summed E-state index contributed by atoms with van der Waals surface area (Å²) < 4.78 is 5.75. The van der Waals surface area contributed by atoms with Crippen LogP contribution in [0.5, 0.6) is 5.75 Å². The van der Waals surface area contributed by atoms with Crippen LogP contribution in [0.3, 0.4) is 0 Å². The highest BCUT2D eigenvalue weighted by atomic mass is 16.5. The number of carbonyl (C=O) groups is 2. The number of pyridine rings is 1. The molecule has 31 heavy (non-hydrogen) atoms. The Labute approximate surface area is 182 Å². The minimum Gasteiger partial charge on any atom is -0.489 e. The molecule has 3 rings (SSSR count). The molecule has 0 saturated carbocycles. The van der Waals surface area contributed by atoms with Crippen LogP contribution in [-0.4, -0.2) is 52.2 Å². The number of aromatic nitrogens is 1. The average molecular weight is 427 g/mol. The summed E-state index contributed by atoms with van der Waals surface area (Å²) in [6, 6.07) is 9.24. The highest BCUT2D eigenvalue weighted by molar-refractivity contribution is 5.97. The van der Waals surface area contributed by atoms with Crippen molar-refractivity contribution < 1.29 is 19.4 Å². The molecule has 166 valence electrons. The third-order valence-electron chi connectivity index (χ3n) is 5.39. The molecular weight excluding hydrogens is 396 g/mol. The monoisotopic (exact) mass is 426 g/mol. The van der Waals surface area contributed by atoms with Crippen molar-refractivity contribution in [3.63, 3.8) is 0 Å². The smallest absolute Gasteiger partial charge is 0.252 e. The van der Waals surface area contributed by atoms with Gasteiger partial charge in [0.05, 0.1) is 0 Å². The van der Waals surface area contributed by atoms with Gasteiger partial charge in [0.25, 0.3) is 5.91 Å². The molecule has 0 aliphatic carbocycles. The zero-order valence-electron chi connectivity index (χ0n) is 17.8. The van der Waals surface area contributed by atoms with E-state index in [9.17, 15) is 14.7 Å². The van der Waals surface area contributed by atoms with Crippen molar-refractivity contribution in [1.82, 2.24) is 15.2 Å². The molecule has 1 aliphatic heterocycles. The quantitative estimate of drug-likeness (QED) is 0.592. The number of rotatable bonds is 8. The Hall–Kier alpha value is -2.97. The van der Waals surface area contributed by atoms with Gasteiger partial charge in [-0.25, -0.2) is 0 Å². The molecule has 1 fully saturated rings. The number of benzene rings is 1. The number of hydrogen-bond donors (Lipinski definition) is 3. The first-order chi connectivity index (χ1) is 14.9. The van der Waals surface area contributed by atoms with Gasteiger partial charge in [0.15, 0.2) is 0 Å². The number of aryl methyl sites for hydroxylation is 1. The maximum absolute atomic E-state index is 12.6. The van der Waals surface area contributed by atoms with E-state index in [1.807, 2.05) is 19.1 Å². The molecule has 4 N–H and O–H groups in total. The molecule has 1 aromatic heterocycles. The number of aliphatic hydroxyl groups excluding tert-OH is 1. The van der Waals surface area contributed by atoms with Crippen molar-refractivity contribution in [2.45, 2.75) is 51.5 Å². The van der Waals surface area contributed by atoms with Gasteiger partial charge in [-0.1, -0.05) is 12.8 Å². The molecule has 0 spiro atoms. The van der Waals surface area contributed by atoms with Crippen molar-refractivity contribution in [3.05, 3.63) is 59.4 Å². The van der Waals surface area contributed by atoms with Gasteiger partial charge < -0.3 is 20.9 Å². The summed E-state index contributed by atoms with van der Waals surface area (Å²) in [7, 11) is 0. The normalized spacial score (nSPS) is 16.7. The lowest BCUT2D eigenvalue weighted by Crippen LogP contribution is -2.57. The number of ether oxygens (including phenoxy) is 1. The second-order valence-corrected chi connectivity index (χ2v) is 7.84. The minimum atomic E-state index is -1.18. The van der Waals surface area contributed by atoms with Crippen LogP contribution in [0.15, 0.2) is 42.6 Å². The van der Waals surface area contributed by atoms with Crippen LogP contribution in [0.25, 0.3) is 0 Å². The van der Waals surface area contributed by atoms with E-state index < -0.39 is 24.1 Å². The minimum absolute atomic E-state index is 0.349. The fourth-order valence-corrected chi connectivity index (χ4v) is 3.65. The second-order valence-electron chi connectivity index (χ2n) is 7.84. The first-order valence-corrected chi connectivity index (χ1v) is 10.6. The molecule has 8 nitrogen and oxygen atoms in total. The molecule has 0 bridgehead atoms. The van der Waals surface area contributed by atoms with E-state index >= 15 is 0 Å². The number of primary amides is 1. The maximum Gasteiger partial charge on any atom is 0.252 e. The fourth-order valence-electron chi connectivity index (χ4n) is 3.65. The Morgan fingerprint density at radius 3 is 2.45 bits per heavy atom. The predicted molar refractivity (Wildman–Crippen MR) is 116 cm³/mol. The number of aliphatic hydroxyl groups is 1. The van der Waals surface area contributed by atoms with Gasteiger partial charge in [0, 0.05) is 30.5 Å². The van der Waals surface area contributed by atoms with Gasteiger partial charge in [-0.3, -0.25) is 19.5 Å². The van der Waals surface area contributed by atoms with E-state index in [0.29, 0.717) is 31.0 Å². The standard InChI is InChI=1S/C23H30N4O4/c1-16-14-17(10-11-25-16)15-31-19-8-6-18(7-9-19)22(29)26-20(21(24)28)23(30)27-12-4-2-3-5-13-27/h6-11,14,20,23,30H,2-5,12-13,15H2,1H3,(H2,24,28)(H,26,29)/t20-,23?/m0/s1. The number of nitrogens with one attached hydrogen (secondary N) is 1. The highest BCUT2D eigenvalue weighted by Gasteiger charge is 2.31. The molecule has 1 aromatic carbocycles. The van der Waals surface area contributed by atoms with E-state index in [-0.39, 0.29) is 0 Å². The fraction of sp³-hybridized carbons (Fsp3) is 0.435. The Morgan fingerprint density at radius 1 is 1.16 bits per heavy atom. The van der Waals surface area contributed by atoms with Crippen molar-refractivity contribution >= 4 is 11.8 Å². The molecular formula is C23H30N4O4. The number of likely N-dealkylation sites (tertiary alicyclic amines) is 1. The zero-order valence-corrected chi connectivity index (χ0v) is 17.8. The number of hydrogen-bond acceptors (Lipinski definition) is 6. The average Bonchev–Trinajstić information content (AvgIpc) is 3.05. The molecule has 0 radical (unpaired) electrons. The third-order valence-corrected chi connectivity index (χ3v) is 5.39. The second kappa shape index (κ2) is 10.9. The first kappa shape index (κ1) is 22.7. The molecule has 2 atom stereocenters. The van der Waals surface area contributed by atoms with E-state index in [1.54, 1.807) is 35.4 Å². The van der Waals surface area contributed by atoms with E-state index in [4.69, 9.17) is 10.5 Å². The van der Waals surface area contributed by atoms with E-state index in [2.05, 4.69) is 10.3 Å². The number of nitrogens with zero attached hydrogens (tertiary/aromatic N) is 2. The summed E-state index contributed by atoms with van der Waals surface area (Å²) in [5, 5.41) is 13.2. The Morgan fingerprint density at radius 2 is 1.84 bits per heavy atom. The lowest BCUT2D eigenvalue weighted by Gasteiger charge is -2.31. The van der Waals surface area contributed by atoms with Gasteiger partial charge in [0.2, 0.25) is 5.91 Å². The molecule has 1 unspecified atom stereocenters. The Balaban J connectivity index is 1.59. The molecule has 1 aliphatic rings. The SMILES string of the molecule is Cc1cc(COc2ccc(C(=O)N[C@@H](C(N)=O)C(O)N3CCCCCC3)cc2)ccn1. The van der Waals surface area contributed by atoms with Crippen LogP contribution in [0.1, 0.15) is 47.3 Å². The lowest BCUT2D eigenvalue weighted by atomic mass is 10.1. The van der Waals surface area contributed by atoms with Gasteiger partial charge in [-0.15, -0.1) is 0 Å². The van der Waals surface area contributed by atoms with Gasteiger partial charge in [0.1, 0.15) is 24.6 Å². The van der Waals surface area contributed by atoms with Crippen LogP contribution in [0.2, 0.25) is 0 Å². The molecule has 8 heteroatoms. The van der Waals surface area contributed by atoms with E-state index in [0.717, 1.165) is 36.9 Å². The summed E-state index contributed by atoms with van der Waals surface area (Å²) in [5.41, 5.74) is 7.74. The van der Waals surface area contributed by atoms with Crippen LogP contribution >= 0.6 is 0 Å². The predicted octanol–water partition coefficient (Wildman–Crippen LogP) is 1.75.